The Morgan fingerprint density at radius 1 is 1.50 bits per heavy atom. The summed E-state index contributed by atoms with van der Waals surface area (Å²) in [5, 5.41) is 2.00. The van der Waals surface area contributed by atoms with Crippen molar-refractivity contribution in [2.75, 3.05) is 13.2 Å². The van der Waals surface area contributed by atoms with Gasteiger partial charge in [-0.2, -0.15) is 0 Å². The summed E-state index contributed by atoms with van der Waals surface area (Å²) in [6, 6.07) is 1.96. The van der Waals surface area contributed by atoms with Crippen molar-refractivity contribution in [1.29, 1.82) is 0 Å². The minimum atomic E-state index is 0.275. The molecule has 2 nitrogen and oxygen atoms in total. The Kier molecular flexibility index (Phi) is 1.79. The van der Waals surface area contributed by atoms with E-state index in [9.17, 15) is 4.79 Å². The van der Waals surface area contributed by atoms with Crippen LogP contribution in [0.3, 0.4) is 0 Å². The van der Waals surface area contributed by atoms with E-state index in [0.717, 1.165) is 23.7 Å². The van der Waals surface area contributed by atoms with Crippen LogP contribution in [0.4, 0.5) is 0 Å². The molecule has 2 heterocycles. The maximum absolute atomic E-state index is 12.1. The number of hydrogen-bond acceptors (Lipinski definition) is 3. The minimum Gasteiger partial charge on any atom is -0.381 e. The predicted molar refractivity (Wildman–Crippen MR) is 54.7 cm³/mol. The molecule has 74 valence electrons. The standard InChI is InChI=1S/C11H12O2S/c1-6-7(2-3-14-6)11(12)10-8-4-13-5-9(8)10/h2-3,8-10H,4-5H2,1H3. The van der Waals surface area contributed by atoms with Crippen molar-refractivity contribution < 1.29 is 9.53 Å². The number of carbonyl (C=O) groups excluding carboxylic acids is 1. The second-order valence-corrected chi connectivity index (χ2v) is 5.27. The van der Waals surface area contributed by atoms with E-state index in [1.165, 1.54) is 0 Å². The maximum atomic E-state index is 12.1. The van der Waals surface area contributed by atoms with Crippen LogP contribution in [0.1, 0.15) is 15.2 Å². The van der Waals surface area contributed by atoms with Crippen LogP contribution in [0.25, 0.3) is 0 Å². The molecule has 1 aliphatic heterocycles. The van der Waals surface area contributed by atoms with Gasteiger partial charge >= 0.3 is 0 Å². The topological polar surface area (TPSA) is 26.3 Å². The Bertz CT molecular complexity index is 372. The van der Waals surface area contributed by atoms with Crippen LogP contribution in [-0.4, -0.2) is 19.0 Å². The van der Waals surface area contributed by atoms with Gasteiger partial charge < -0.3 is 4.74 Å². The summed E-state index contributed by atoms with van der Waals surface area (Å²) in [7, 11) is 0. The fraction of sp³-hybridized carbons (Fsp3) is 0.545. The van der Waals surface area contributed by atoms with Gasteiger partial charge in [0.1, 0.15) is 0 Å². The Labute approximate surface area is 86.9 Å². The minimum absolute atomic E-state index is 0.275. The van der Waals surface area contributed by atoms with Crippen LogP contribution in [0, 0.1) is 24.7 Å². The monoisotopic (exact) mass is 208 g/mol. The number of fused-ring (bicyclic) bond motifs is 1. The second kappa shape index (κ2) is 2.91. The largest absolute Gasteiger partial charge is 0.381 e. The molecule has 0 N–H and O–H groups in total. The van der Waals surface area contributed by atoms with Gasteiger partial charge in [-0.05, 0) is 30.2 Å². The predicted octanol–water partition coefficient (Wildman–Crippen LogP) is 2.13. The zero-order valence-corrected chi connectivity index (χ0v) is 8.84. The smallest absolute Gasteiger partial charge is 0.167 e. The Morgan fingerprint density at radius 3 is 2.79 bits per heavy atom. The molecule has 0 spiro atoms. The van der Waals surface area contributed by atoms with E-state index in [4.69, 9.17) is 4.74 Å². The van der Waals surface area contributed by atoms with Crippen molar-refractivity contribution in [3.63, 3.8) is 0 Å². The third-order valence-electron chi connectivity index (χ3n) is 3.38. The molecule has 2 fully saturated rings. The number of aryl methyl sites for hydroxylation is 1. The fourth-order valence-electron chi connectivity index (χ4n) is 2.45. The first-order valence-corrected chi connectivity index (χ1v) is 5.83. The number of thiophene rings is 1. The van der Waals surface area contributed by atoms with Crippen LogP contribution in [0.2, 0.25) is 0 Å². The first kappa shape index (κ1) is 8.62. The molecular formula is C11H12O2S. The summed E-state index contributed by atoms with van der Waals surface area (Å²) in [4.78, 5) is 13.2. The van der Waals surface area contributed by atoms with Crippen LogP contribution >= 0.6 is 11.3 Å². The molecule has 1 aliphatic carbocycles. The molecule has 1 aromatic heterocycles. The molecule has 3 rings (SSSR count). The first-order chi connectivity index (χ1) is 6.79. The van der Waals surface area contributed by atoms with Gasteiger partial charge in [-0.25, -0.2) is 0 Å². The molecule has 1 aromatic rings. The lowest BCUT2D eigenvalue weighted by atomic mass is 10.1. The highest BCUT2D eigenvalue weighted by Crippen LogP contribution is 2.52. The van der Waals surface area contributed by atoms with E-state index in [0.29, 0.717) is 17.6 Å². The Hall–Kier alpha value is -0.670. The van der Waals surface area contributed by atoms with Gasteiger partial charge in [0, 0.05) is 16.4 Å². The van der Waals surface area contributed by atoms with Crippen molar-refractivity contribution in [1.82, 2.24) is 0 Å². The zero-order chi connectivity index (χ0) is 9.71. The summed E-state index contributed by atoms with van der Waals surface area (Å²) in [5.41, 5.74) is 0.939. The van der Waals surface area contributed by atoms with Crippen LogP contribution in [0.15, 0.2) is 11.4 Å². The summed E-state index contributed by atoms with van der Waals surface area (Å²) in [6.45, 7) is 3.61. The first-order valence-electron chi connectivity index (χ1n) is 4.95. The van der Waals surface area contributed by atoms with Gasteiger partial charge in [0.15, 0.2) is 5.78 Å². The third kappa shape index (κ3) is 1.09. The highest BCUT2D eigenvalue weighted by atomic mass is 32.1. The van der Waals surface area contributed by atoms with E-state index in [1.807, 2.05) is 18.4 Å². The van der Waals surface area contributed by atoms with Crippen molar-refractivity contribution in [2.24, 2.45) is 17.8 Å². The van der Waals surface area contributed by atoms with E-state index >= 15 is 0 Å². The fourth-order valence-corrected chi connectivity index (χ4v) is 3.15. The Morgan fingerprint density at radius 2 is 2.21 bits per heavy atom. The second-order valence-electron chi connectivity index (χ2n) is 4.15. The highest BCUT2D eigenvalue weighted by molar-refractivity contribution is 7.10. The number of ketones is 1. The molecule has 2 unspecified atom stereocenters. The van der Waals surface area contributed by atoms with Gasteiger partial charge in [0.05, 0.1) is 13.2 Å². The lowest BCUT2D eigenvalue weighted by Crippen LogP contribution is -2.09. The van der Waals surface area contributed by atoms with E-state index < -0.39 is 0 Å². The van der Waals surface area contributed by atoms with E-state index in [-0.39, 0.29) is 5.92 Å². The summed E-state index contributed by atoms with van der Waals surface area (Å²) in [6.07, 6.45) is 0. The molecule has 1 saturated heterocycles. The average Bonchev–Trinajstić information content (AvgIpc) is 2.57. The van der Waals surface area contributed by atoms with Gasteiger partial charge in [-0.3, -0.25) is 4.79 Å². The van der Waals surface area contributed by atoms with Gasteiger partial charge in [-0.15, -0.1) is 11.3 Å². The average molecular weight is 208 g/mol. The van der Waals surface area contributed by atoms with Crippen molar-refractivity contribution in [2.45, 2.75) is 6.92 Å². The number of ether oxygens (including phenoxy) is 1. The molecule has 2 aliphatic rings. The molecule has 0 bridgehead atoms. The van der Waals surface area contributed by atoms with Gasteiger partial charge in [0.2, 0.25) is 0 Å². The van der Waals surface area contributed by atoms with Crippen LogP contribution in [-0.2, 0) is 4.74 Å². The number of carbonyl (C=O) groups is 1. The SMILES string of the molecule is Cc1sccc1C(=O)C1C2COCC21. The number of rotatable bonds is 2. The van der Waals surface area contributed by atoms with Crippen LogP contribution < -0.4 is 0 Å². The zero-order valence-electron chi connectivity index (χ0n) is 8.03. The molecule has 0 aromatic carbocycles. The maximum Gasteiger partial charge on any atom is 0.167 e. The molecule has 2 atom stereocenters. The van der Waals surface area contributed by atoms with Crippen molar-refractivity contribution in [3.05, 3.63) is 21.9 Å². The summed E-state index contributed by atoms with van der Waals surface area (Å²) in [5.74, 6) is 1.68. The van der Waals surface area contributed by atoms with Crippen molar-refractivity contribution in [3.8, 4) is 0 Å². The quantitative estimate of drug-likeness (QED) is 0.696. The molecule has 14 heavy (non-hydrogen) atoms. The van der Waals surface area contributed by atoms with Crippen molar-refractivity contribution >= 4 is 17.1 Å². The van der Waals surface area contributed by atoms with Gasteiger partial charge in [-0.1, -0.05) is 0 Å². The number of Topliss-reactive ketones (excluding diaryl/α,β-unsaturated/α-hetero) is 1. The third-order valence-corrected chi connectivity index (χ3v) is 4.22. The molecule has 3 heteroatoms. The lowest BCUT2D eigenvalue weighted by molar-refractivity contribution is 0.0893. The normalized spacial score (nSPS) is 34.2. The summed E-state index contributed by atoms with van der Waals surface area (Å²) < 4.78 is 5.28. The Balaban J connectivity index is 1.82. The molecule has 0 radical (unpaired) electrons. The van der Waals surface area contributed by atoms with Crippen LogP contribution in [0.5, 0.6) is 0 Å². The molecule has 0 amide bonds. The molecular weight excluding hydrogens is 196 g/mol. The van der Waals surface area contributed by atoms with E-state index in [2.05, 4.69) is 0 Å². The summed E-state index contributed by atoms with van der Waals surface area (Å²) >= 11 is 1.65. The molecule has 1 saturated carbocycles. The highest BCUT2D eigenvalue weighted by Gasteiger charge is 2.57. The lowest BCUT2D eigenvalue weighted by Gasteiger charge is -2.02. The van der Waals surface area contributed by atoms with E-state index in [1.54, 1.807) is 11.3 Å². The number of hydrogen-bond donors (Lipinski definition) is 0. The van der Waals surface area contributed by atoms with Gasteiger partial charge in [0.25, 0.3) is 0 Å².